The van der Waals surface area contributed by atoms with Crippen molar-refractivity contribution in [3.05, 3.63) is 12.7 Å². The molecule has 0 aliphatic carbocycles. The van der Waals surface area contributed by atoms with Crippen molar-refractivity contribution in [2.24, 2.45) is 0 Å². The molecule has 0 amide bonds. The average molecular weight is 279 g/mol. The van der Waals surface area contributed by atoms with E-state index in [1.54, 1.807) is 4.57 Å². The van der Waals surface area contributed by atoms with Crippen molar-refractivity contribution in [2.75, 3.05) is 18.9 Å². The second-order valence-corrected chi connectivity index (χ2v) is 5.03. The summed E-state index contributed by atoms with van der Waals surface area (Å²) in [6.07, 6.45) is 0.778. The normalized spacial score (nSPS) is 36.0. The van der Waals surface area contributed by atoms with Gasteiger partial charge in [0, 0.05) is 0 Å². The van der Waals surface area contributed by atoms with E-state index >= 15 is 0 Å². The molecule has 2 aromatic heterocycles. The third-order valence-corrected chi connectivity index (χ3v) is 3.94. The summed E-state index contributed by atoms with van der Waals surface area (Å²) < 4.78 is 13.0. The highest BCUT2D eigenvalue weighted by molar-refractivity contribution is 5.81. The maximum Gasteiger partial charge on any atom is 0.167 e. The first-order valence-corrected chi connectivity index (χ1v) is 6.18. The summed E-state index contributed by atoms with van der Waals surface area (Å²) in [4.78, 5) is 12.2. The van der Waals surface area contributed by atoms with Crippen molar-refractivity contribution in [2.45, 2.75) is 24.0 Å². The van der Waals surface area contributed by atoms with Crippen LogP contribution in [-0.4, -0.2) is 60.8 Å². The number of aromatic nitrogens is 4. The zero-order valence-electron chi connectivity index (χ0n) is 10.4. The lowest BCUT2D eigenvalue weighted by atomic mass is 10.0. The van der Waals surface area contributed by atoms with E-state index in [9.17, 15) is 10.2 Å². The minimum absolute atomic E-state index is 0.162. The van der Waals surface area contributed by atoms with Gasteiger partial charge in [-0.3, -0.25) is 4.57 Å². The van der Waals surface area contributed by atoms with Crippen LogP contribution in [-0.2, 0) is 9.47 Å². The summed E-state index contributed by atoms with van der Waals surface area (Å²) in [6, 6.07) is 0. The lowest BCUT2D eigenvalue weighted by molar-refractivity contribution is -0.185. The number of nitrogens with zero attached hydrogens (tertiary/aromatic N) is 4. The number of hydrogen-bond acceptors (Lipinski definition) is 8. The van der Waals surface area contributed by atoms with Crippen LogP contribution in [0, 0.1) is 0 Å². The molecule has 0 spiro atoms. The van der Waals surface area contributed by atoms with Crippen molar-refractivity contribution in [3.8, 4) is 0 Å². The molecular weight excluding hydrogens is 266 g/mol. The molecule has 0 saturated carbocycles. The van der Waals surface area contributed by atoms with Gasteiger partial charge in [0.1, 0.15) is 29.7 Å². The monoisotopic (exact) mass is 279 g/mol. The lowest BCUT2D eigenvalue weighted by Gasteiger charge is -2.29. The van der Waals surface area contributed by atoms with Crippen molar-refractivity contribution in [1.29, 1.82) is 0 Å². The maximum atomic E-state index is 10.2. The van der Waals surface area contributed by atoms with E-state index in [1.807, 2.05) is 0 Å². The quantitative estimate of drug-likeness (QED) is 0.601. The minimum atomic E-state index is -1.08. The Morgan fingerprint density at radius 2 is 2.30 bits per heavy atom. The van der Waals surface area contributed by atoms with Gasteiger partial charge < -0.3 is 25.4 Å². The number of nitrogens with two attached hydrogens (primary N) is 1. The third kappa shape index (κ3) is 1.32. The first-order chi connectivity index (χ1) is 9.66. The first kappa shape index (κ1) is 12.0. The number of aliphatic hydroxyl groups excluding tert-OH is 2. The molecule has 0 radical (unpaired) electrons. The Morgan fingerprint density at radius 3 is 3.05 bits per heavy atom. The van der Waals surface area contributed by atoms with Crippen LogP contribution in [0.1, 0.15) is 6.23 Å². The maximum absolute atomic E-state index is 10.2. The molecule has 20 heavy (non-hydrogen) atoms. The van der Waals surface area contributed by atoms with Crippen molar-refractivity contribution >= 4 is 17.0 Å². The van der Waals surface area contributed by atoms with Crippen molar-refractivity contribution in [3.63, 3.8) is 0 Å². The molecule has 9 heteroatoms. The minimum Gasteiger partial charge on any atom is -0.393 e. The van der Waals surface area contributed by atoms with Crippen LogP contribution in [0.5, 0.6) is 0 Å². The zero-order valence-corrected chi connectivity index (χ0v) is 10.4. The number of rotatable bonds is 2. The molecule has 4 rings (SSSR count). The van der Waals surface area contributed by atoms with Gasteiger partial charge in [-0.15, -0.1) is 0 Å². The molecule has 2 fully saturated rings. The van der Waals surface area contributed by atoms with Gasteiger partial charge in [-0.05, 0) is 0 Å². The largest absolute Gasteiger partial charge is 0.393 e. The molecule has 9 nitrogen and oxygen atoms in total. The smallest absolute Gasteiger partial charge is 0.167 e. The van der Waals surface area contributed by atoms with Gasteiger partial charge >= 0.3 is 0 Å². The second kappa shape index (κ2) is 3.85. The van der Waals surface area contributed by atoms with Gasteiger partial charge in [0.25, 0.3) is 0 Å². The lowest BCUT2D eigenvalue weighted by Crippen LogP contribution is -2.44. The van der Waals surface area contributed by atoms with Crippen LogP contribution in [0.25, 0.3) is 11.2 Å². The number of hydrogen-bond donors (Lipinski definition) is 3. The predicted octanol–water partition coefficient (Wildman–Crippen LogP) is -1.57. The molecule has 2 bridgehead atoms. The number of ether oxygens (including phenoxy) is 2. The van der Waals surface area contributed by atoms with Crippen LogP contribution < -0.4 is 5.73 Å². The Hall–Kier alpha value is -1.81. The molecule has 2 aliphatic rings. The van der Waals surface area contributed by atoms with Crippen LogP contribution in [0.15, 0.2) is 12.7 Å². The molecule has 106 valence electrons. The molecule has 4 N–H and O–H groups in total. The summed E-state index contributed by atoms with van der Waals surface area (Å²) >= 11 is 0. The highest BCUT2D eigenvalue weighted by atomic mass is 16.7. The fraction of sp³-hybridized carbons (Fsp3) is 0.545. The van der Waals surface area contributed by atoms with E-state index in [1.165, 1.54) is 12.7 Å². The predicted molar refractivity (Wildman–Crippen MR) is 65.4 cm³/mol. The standard InChI is InChI=1S/C11H13N5O4/c12-8-5-9(14-3-13-8)16(4-15-5)10-6-7(18)11(1-17,20-10)2-19-6/h3-4,6-7,10,17-18H,1-2H2,(H2,12,13,14)/t6-,7+,10+,11+/m1/s1. The molecule has 4 heterocycles. The summed E-state index contributed by atoms with van der Waals surface area (Å²) in [7, 11) is 0. The van der Waals surface area contributed by atoms with Crippen LogP contribution in [0.2, 0.25) is 0 Å². The summed E-state index contributed by atoms with van der Waals surface area (Å²) in [5, 5.41) is 19.6. The molecule has 0 aromatic carbocycles. The summed E-state index contributed by atoms with van der Waals surface area (Å²) in [6.45, 7) is -0.152. The average Bonchev–Trinajstić information content (AvgIpc) is 3.10. The highest BCUT2D eigenvalue weighted by Gasteiger charge is 2.61. The number of nitrogen functional groups attached to an aromatic ring is 1. The number of aliphatic hydroxyl groups is 2. The van der Waals surface area contributed by atoms with Gasteiger partial charge in [-0.2, -0.15) is 0 Å². The molecule has 0 unspecified atom stereocenters. The highest BCUT2D eigenvalue weighted by Crippen LogP contribution is 2.45. The third-order valence-electron chi connectivity index (χ3n) is 3.94. The van der Waals surface area contributed by atoms with Crippen LogP contribution in [0.3, 0.4) is 0 Å². The van der Waals surface area contributed by atoms with Crippen molar-refractivity contribution < 1.29 is 19.7 Å². The number of imidazole rings is 1. The van der Waals surface area contributed by atoms with Gasteiger partial charge in [-0.1, -0.05) is 0 Å². The summed E-state index contributed by atoms with van der Waals surface area (Å²) in [5.41, 5.74) is 5.62. The molecule has 2 saturated heterocycles. The zero-order chi connectivity index (χ0) is 13.9. The fourth-order valence-corrected chi connectivity index (χ4v) is 2.81. The van der Waals surface area contributed by atoms with E-state index in [-0.39, 0.29) is 19.0 Å². The molecular formula is C11H13N5O4. The van der Waals surface area contributed by atoms with E-state index in [4.69, 9.17) is 15.2 Å². The Kier molecular flexibility index (Phi) is 2.31. The molecule has 2 aromatic rings. The second-order valence-electron chi connectivity index (χ2n) is 5.03. The number of anilines is 1. The van der Waals surface area contributed by atoms with E-state index in [0.717, 1.165) is 0 Å². The Bertz CT molecular complexity index is 676. The molecule has 4 atom stereocenters. The topological polar surface area (TPSA) is 129 Å². The Balaban J connectivity index is 1.80. The number of fused-ring (bicyclic) bond motifs is 3. The van der Waals surface area contributed by atoms with Crippen LogP contribution in [0.4, 0.5) is 5.82 Å². The first-order valence-electron chi connectivity index (χ1n) is 6.18. The Morgan fingerprint density at radius 1 is 1.45 bits per heavy atom. The van der Waals surface area contributed by atoms with Gasteiger partial charge in [0.2, 0.25) is 0 Å². The fourth-order valence-electron chi connectivity index (χ4n) is 2.81. The summed E-state index contributed by atoms with van der Waals surface area (Å²) in [5.74, 6) is 0.273. The van der Waals surface area contributed by atoms with E-state index < -0.39 is 24.0 Å². The van der Waals surface area contributed by atoms with Gasteiger partial charge in [-0.25, -0.2) is 15.0 Å². The molecule has 2 aliphatic heterocycles. The van der Waals surface area contributed by atoms with Gasteiger partial charge in [0.05, 0.1) is 19.5 Å². The van der Waals surface area contributed by atoms with E-state index in [0.29, 0.717) is 11.2 Å². The SMILES string of the molecule is Nc1ncnc2c1ncn2[C@H]1O[C@@]2(CO)CO[C@@H]1[C@@H]2O. The van der Waals surface area contributed by atoms with Crippen molar-refractivity contribution in [1.82, 2.24) is 19.5 Å². The Labute approximate surface area is 113 Å². The van der Waals surface area contributed by atoms with Gasteiger partial charge in [0.15, 0.2) is 17.7 Å². The van der Waals surface area contributed by atoms with E-state index in [2.05, 4.69) is 15.0 Å². The van der Waals surface area contributed by atoms with Crippen LogP contribution >= 0.6 is 0 Å².